The van der Waals surface area contributed by atoms with Gasteiger partial charge in [0.1, 0.15) is 11.1 Å². The Morgan fingerprint density at radius 1 is 0.789 bits per heavy atom. The second kappa shape index (κ2) is 9.16. The van der Waals surface area contributed by atoms with Gasteiger partial charge >= 0.3 is 5.63 Å². The highest BCUT2D eigenvalue weighted by Crippen LogP contribution is 2.30. The lowest BCUT2D eigenvalue weighted by molar-refractivity contribution is 0.102. The Balaban J connectivity index is 1.26. The molecule has 1 N–H and O–H groups in total. The zero-order valence-corrected chi connectivity index (χ0v) is 21.2. The van der Waals surface area contributed by atoms with Gasteiger partial charge in [-0.1, -0.05) is 42.5 Å². The van der Waals surface area contributed by atoms with Crippen LogP contribution in [0.15, 0.2) is 98.6 Å². The van der Waals surface area contributed by atoms with Gasteiger partial charge in [0.25, 0.3) is 5.91 Å². The average Bonchev–Trinajstić information content (AvgIpc) is 3.34. The number of hydrogen-bond acceptors (Lipinski definition) is 5. The second-order valence-corrected chi connectivity index (χ2v) is 9.50. The standard InChI is InChI=1S/C32H24N2O4/c1-18-14-20(3)29-27(15-18)34-31(38-29)24-9-8-19(2)26(17-24)33-30(35)22-12-10-21(11-13-22)25-16-23-6-4-5-7-28(23)37-32(25)36/h4-17H,1-3H3,(H,33,35). The van der Waals surface area contributed by atoms with Crippen LogP contribution in [0.5, 0.6) is 0 Å². The van der Waals surface area contributed by atoms with Crippen LogP contribution in [0.4, 0.5) is 5.69 Å². The molecule has 0 saturated heterocycles. The normalized spacial score (nSPS) is 11.2. The van der Waals surface area contributed by atoms with Gasteiger partial charge in [-0.05, 0) is 85.5 Å². The molecular weight excluding hydrogens is 476 g/mol. The highest BCUT2D eigenvalue weighted by molar-refractivity contribution is 6.05. The van der Waals surface area contributed by atoms with Crippen LogP contribution < -0.4 is 10.9 Å². The number of carbonyl (C=O) groups is 1. The van der Waals surface area contributed by atoms with E-state index in [4.69, 9.17) is 8.83 Å². The summed E-state index contributed by atoms with van der Waals surface area (Å²) in [5.74, 6) is 0.245. The van der Waals surface area contributed by atoms with Crippen molar-refractivity contribution in [3.63, 3.8) is 0 Å². The van der Waals surface area contributed by atoms with E-state index in [1.807, 2.05) is 63.2 Å². The number of rotatable bonds is 4. The van der Waals surface area contributed by atoms with Crippen LogP contribution in [0, 0.1) is 20.8 Å². The summed E-state index contributed by atoms with van der Waals surface area (Å²) in [7, 11) is 0. The van der Waals surface area contributed by atoms with Crippen LogP contribution in [-0.2, 0) is 0 Å². The molecule has 0 unspecified atom stereocenters. The number of amides is 1. The number of carbonyl (C=O) groups excluding carboxylic acids is 1. The van der Waals surface area contributed by atoms with E-state index in [1.54, 1.807) is 36.4 Å². The molecule has 6 aromatic rings. The first-order valence-electron chi connectivity index (χ1n) is 12.3. The number of para-hydroxylation sites is 1. The molecule has 0 aliphatic rings. The van der Waals surface area contributed by atoms with E-state index in [0.717, 1.165) is 38.7 Å². The average molecular weight is 501 g/mol. The summed E-state index contributed by atoms with van der Waals surface area (Å²) in [5, 5.41) is 3.83. The van der Waals surface area contributed by atoms with E-state index in [0.29, 0.717) is 33.9 Å². The van der Waals surface area contributed by atoms with Gasteiger partial charge in [-0.3, -0.25) is 4.79 Å². The molecule has 0 fully saturated rings. The number of benzene rings is 4. The fourth-order valence-corrected chi connectivity index (χ4v) is 4.65. The van der Waals surface area contributed by atoms with E-state index in [-0.39, 0.29) is 5.91 Å². The number of nitrogens with zero attached hydrogens (tertiary/aromatic N) is 1. The van der Waals surface area contributed by atoms with Gasteiger partial charge < -0.3 is 14.2 Å². The Labute approximate surface area is 218 Å². The first kappa shape index (κ1) is 23.4. The van der Waals surface area contributed by atoms with Crippen molar-refractivity contribution in [2.75, 3.05) is 5.32 Å². The van der Waals surface area contributed by atoms with Gasteiger partial charge in [0, 0.05) is 22.2 Å². The molecule has 0 aliphatic carbocycles. The van der Waals surface area contributed by atoms with Crippen molar-refractivity contribution < 1.29 is 13.6 Å². The van der Waals surface area contributed by atoms with Gasteiger partial charge in [0.2, 0.25) is 5.89 Å². The lowest BCUT2D eigenvalue weighted by Crippen LogP contribution is -2.13. The molecule has 0 bridgehead atoms. The van der Waals surface area contributed by atoms with Crippen molar-refractivity contribution in [1.82, 2.24) is 4.98 Å². The minimum Gasteiger partial charge on any atom is -0.436 e. The van der Waals surface area contributed by atoms with Gasteiger partial charge in [-0.15, -0.1) is 0 Å². The molecule has 6 rings (SSSR count). The predicted molar refractivity (Wildman–Crippen MR) is 150 cm³/mol. The van der Waals surface area contributed by atoms with Gasteiger partial charge in [0.15, 0.2) is 5.58 Å². The summed E-state index contributed by atoms with van der Waals surface area (Å²) < 4.78 is 11.5. The topological polar surface area (TPSA) is 85.3 Å². The zero-order valence-electron chi connectivity index (χ0n) is 21.2. The summed E-state index contributed by atoms with van der Waals surface area (Å²) in [5.41, 5.74) is 7.80. The number of fused-ring (bicyclic) bond motifs is 2. The van der Waals surface area contributed by atoms with Crippen molar-refractivity contribution in [3.8, 4) is 22.6 Å². The lowest BCUT2D eigenvalue weighted by atomic mass is 10.0. The molecule has 1 amide bonds. The monoisotopic (exact) mass is 500 g/mol. The molecule has 0 saturated carbocycles. The van der Waals surface area contributed by atoms with Crippen molar-refractivity contribution >= 4 is 33.7 Å². The van der Waals surface area contributed by atoms with Crippen LogP contribution in [-0.4, -0.2) is 10.9 Å². The Bertz CT molecular complexity index is 1910. The number of nitrogens with one attached hydrogen (secondary N) is 1. The molecule has 0 spiro atoms. The molecule has 38 heavy (non-hydrogen) atoms. The molecule has 0 atom stereocenters. The molecule has 0 radical (unpaired) electrons. The molecule has 6 nitrogen and oxygen atoms in total. The van der Waals surface area contributed by atoms with Crippen LogP contribution in [0.25, 0.3) is 44.7 Å². The van der Waals surface area contributed by atoms with Crippen LogP contribution in [0.1, 0.15) is 27.0 Å². The quantitative estimate of drug-likeness (QED) is 0.254. The number of oxazole rings is 1. The summed E-state index contributed by atoms with van der Waals surface area (Å²) in [4.78, 5) is 30.3. The van der Waals surface area contributed by atoms with E-state index in [9.17, 15) is 9.59 Å². The minimum atomic E-state index is -0.419. The Hall–Kier alpha value is -4.97. The summed E-state index contributed by atoms with van der Waals surface area (Å²) >= 11 is 0. The van der Waals surface area contributed by atoms with Crippen molar-refractivity contribution in [2.24, 2.45) is 0 Å². The SMILES string of the molecule is Cc1cc(C)c2oc(-c3ccc(C)c(NC(=O)c4ccc(-c5cc6ccccc6oc5=O)cc4)c3)nc2c1. The Morgan fingerprint density at radius 2 is 1.55 bits per heavy atom. The predicted octanol–water partition coefficient (Wildman–Crippen LogP) is 7.45. The summed E-state index contributed by atoms with van der Waals surface area (Å²) in [6, 6.07) is 25.9. The molecule has 0 aliphatic heterocycles. The smallest absolute Gasteiger partial charge is 0.344 e. The molecule has 186 valence electrons. The fraction of sp³-hybridized carbons (Fsp3) is 0.0938. The maximum atomic E-state index is 13.1. The molecule has 6 heteroatoms. The maximum absolute atomic E-state index is 13.1. The lowest BCUT2D eigenvalue weighted by Gasteiger charge is -2.10. The van der Waals surface area contributed by atoms with Gasteiger partial charge in [-0.25, -0.2) is 9.78 Å². The van der Waals surface area contributed by atoms with E-state index in [2.05, 4.69) is 16.4 Å². The van der Waals surface area contributed by atoms with E-state index < -0.39 is 5.63 Å². The third-order valence-corrected chi connectivity index (χ3v) is 6.65. The van der Waals surface area contributed by atoms with E-state index >= 15 is 0 Å². The van der Waals surface area contributed by atoms with Crippen LogP contribution in [0.2, 0.25) is 0 Å². The number of anilines is 1. The van der Waals surface area contributed by atoms with Crippen LogP contribution >= 0.6 is 0 Å². The molecule has 2 aromatic heterocycles. The largest absolute Gasteiger partial charge is 0.436 e. The number of aromatic nitrogens is 1. The third-order valence-electron chi connectivity index (χ3n) is 6.65. The van der Waals surface area contributed by atoms with Crippen molar-refractivity contribution in [3.05, 3.63) is 118 Å². The van der Waals surface area contributed by atoms with Crippen molar-refractivity contribution in [1.29, 1.82) is 0 Å². The molecular formula is C32H24N2O4. The Morgan fingerprint density at radius 3 is 2.37 bits per heavy atom. The first-order chi connectivity index (χ1) is 18.4. The van der Waals surface area contributed by atoms with Crippen molar-refractivity contribution in [2.45, 2.75) is 20.8 Å². The summed E-state index contributed by atoms with van der Waals surface area (Å²) in [6.07, 6.45) is 0. The summed E-state index contributed by atoms with van der Waals surface area (Å²) in [6.45, 7) is 5.97. The van der Waals surface area contributed by atoms with Gasteiger partial charge in [0.05, 0.1) is 5.56 Å². The fourth-order valence-electron chi connectivity index (χ4n) is 4.65. The third kappa shape index (κ3) is 4.26. The first-order valence-corrected chi connectivity index (χ1v) is 12.3. The van der Waals surface area contributed by atoms with Crippen LogP contribution in [0.3, 0.4) is 0 Å². The second-order valence-electron chi connectivity index (χ2n) is 9.50. The molecule has 4 aromatic carbocycles. The zero-order chi connectivity index (χ0) is 26.4. The Kier molecular flexibility index (Phi) is 5.65. The number of aryl methyl sites for hydroxylation is 3. The maximum Gasteiger partial charge on any atom is 0.344 e. The van der Waals surface area contributed by atoms with Gasteiger partial charge in [-0.2, -0.15) is 0 Å². The number of hydrogen-bond donors (Lipinski definition) is 1. The highest BCUT2D eigenvalue weighted by Gasteiger charge is 2.15. The molecule has 2 heterocycles. The minimum absolute atomic E-state index is 0.258. The van der Waals surface area contributed by atoms with E-state index in [1.165, 1.54) is 0 Å². The highest BCUT2D eigenvalue weighted by atomic mass is 16.4.